The van der Waals surface area contributed by atoms with E-state index in [0.717, 1.165) is 33.2 Å². The Bertz CT molecular complexity index is 1030. The van der Waals surface area contributed by atoms with Crippen molar-refractivity contribution in [2.45, 2.75) is 19.9 Å². The summed E-state index contributed by atoms with van der Waals surface area (Å²) in [6.45, 7) is 4.19. The number of nitriles is 1. The van der Waals surface area contributed by atoms with Crippen LogP contribution in [-0.4, -0.2) is 39.0 Å². The van der Waals surface area contributed by atoms with Crippen LogP contribution in [0.25, 0.3) is 16.9 Å². The molecule has 0 radical (unpaired) electrons. The van der Waals surface area contributed by atoms with Crippen LogP contribution in [0.2, 0.25) is 0 Å². The molecular formula is C19H21N7S. The first-order valence-electron chi connectivity index (χ1n) is 8.51. The number of pyridine rings is 1. The molecule has 0 aliphatic heterocycles. The largest absolute Gasteiger partial charge is 0.382 e. The fourth-order valence-corrected chi connectivity index (χ4v) is 3.33. The lowest BCUT2D eigenvalue weighted by Crippen LogP contribution is -2.14. The zero-order valence-electron chi connectivity index (χ0n) is 15.7. The summed E-state index contributed by atoms with van der Waals surface area (Å²) < 4.78 is 1.79. The highest BCUT2D eigenvalue weighted by molar-refractivity contribution is 8.13. The molecule has 0 spiro atoms. The van der Waals surface area contributed by atoms with Gasteiger partial charge in [-0.15, -0.1) is 11.8 Å². The third-order valence-electron chi connectivity index (χ3n) is 3.88. The van der Waals surface area contributed by atoms with Crippen molar-refractivity contribution in [3.63, 3.8) is 0 Å². The molecular weight excluding hydrogens is 358 g/mol. The van der Waals surface area contributed by atoms with Crippen LogP contribution in [0.3, 0.4) is 0 Å². The van der Waals surface area contributed by atoms with E-state index in [1.54, 1.807) is 29.5 Å². The van der Waals surface area contributed by atoms with E-state index in [-0.39, 0.29) is 6.04 Å². The fraction of sp³-hybridized carbons (Fsp3) is 0.263. The Morgan fingerprint density at radius 3 is 2.78 bits per heavy atom. The van der Waals surface area contributed by atoms with Crippen LogP contribution in [0.15, 0.2) is 41.8 Å². The number of hydrogen-bond donors (Lipinski definition) is 2. The molecule has 0 saturated carbocycles. The van der Waals surface area contributed by atoms with E-state index < -0.39 is 0 Å². The van der Waals surface area contributed by atoms with Gasteiger partial charge in [-0.3, -0.25) is 4.98 Å². The Morgan fingerprint density at radius 1 is 1.30 bits per heavy atom. The Hall–Kier alpha value is -3.05. The van der Waals surface area contributed by atoms with Crippen molar-refractivity contribution in [2.75, 3.05) is 18.6 Å². The van der Waals surface area contributed by atoms with Crippen molar-refractivity contribution in [1.29, 1.82) is 5.26 Å². The number of hydrazone groups is 1. The van der Waals surface area contributed by atoms with Gasteiger partial charge in [0.15, 0.2) is 0 Å². The van der Waals surface area contributed by atoms with Gasteiger partial charge in [-0.05, 0) is 44.4 Å². The number of rotatable bonds is 5. The van der Waals surface area contributed by atoms with Gasteiger partial charge in [-0.1, -0.05) is 0 Å². The van der Waals surface area contributed by atoms with Crippen molar-refractivity contribution < 1.29 is 0 Å². The highest BCUT2D eigenvalue weighted by Gasteiger charge is 2.15. The summed E-state index contributed by atoms with van der Waals surface area (Å²) in [5.74, 6) is 0. The molecule has 0 atom stereocenters. The molecule has 0 aliphatic rings. The zero-order valence-corrected chi connectivity index (χ0v) is 16.5. The van der Waals surface area contributed by atoms with Crippen molar-refractivity contribution >= 4 is 28.0 Å². The van der Waals surface area contributed by atoms with Crippen molar-refractivity contribution in [3.8, 4) is 17.5 Å². The average Bonchev–Trinajstić information content (AvgIpc) is 3.09. The molecule has 3 rings (SSSR count). The lowest BCUT2D eigenvalue weighted by atomic mass is 10.1. The molecule has 2 N–H and O–H groups in total. The number of nitrogens with zero attached hydrogens (tertiary/aromatic N) is 5. The van der Waals surface area contributed by atoms with E-state index in [1.807, 2.05) is 36.7 Å². The Balaban J connectivity index is 2.12. The van der Waals surface area contributed by atoms with Crippen LogP contribution >= 0.6 is 11.8 Å². The summed E-state index contributed by atoms with van der Waals surface area (Å²) in [6, 6.07) is 10.1. The molecule has 7 nitrogen and oxygen atoms in total. The number of thioether (sulfide) groups is 1. The highest BCUT2D eigenvalue weighted by atomic mass is 32.2. The minimum absolute atomic E-state index is 0.261. The van der Waals surface area contributed by atoms with Gasteiger partial charge >= 0.3 is 0 Å². The first kappa shape index (κ1) is 18.7. The van der Waals surface area contributed by atoms with E-state index in [4.69, 9.17) is 5.26 Å². The third kappa shape index (κ3) is 3.88. The predicted molar refractivity (Wildman–Crippen MR) is 111 cm³/mol. The van der Waals surface area contributed by atoms with E-state index >= 15 is 0 Å². The SMILES string of the molecule is CN/N=C(\SC)c1cnc(-c2ccc3cc(C#N)cnn23)cc1NC(C)C. The molecule has 3 aromatic rings. The minimum atomic E-state index is 0.261. The Kier molecular flexibility index (Phi) is 5.62. The molecule has 0 saturated heterocycles. The molecule has 0 amide bonds. The molecule has 0 unspecified atom stereocenters. The standard InChI is InChI=1S/C19H21N7S/c1-12(2)24-16-8-17(22-11-15(16)19(27-4)25-21-3)18-6-5-14-7-13(9-20)10-23-26(14)18/h5-8,10-12,21H,1-4H3,(H,22,24)/b25-19-. The topological polar surface area (TPSA) is 90.4 Å². The van der Waals surface area contributed by atoms with Gasteiger partial charge in [0.2, 0.25) is 0 Å². The van der Waals surface area contributed by atoms with E-state index in [2.05, 4.69) is 45.8 Å². The van der Waals surface area contributed by atoms with Gasteiger partial charge < -0.3 is 10.7 Å². The molecule has 0 bridgehead atoms. The summed E-state index contributed by atoms with van der Waals surface area (Å²) in [5.41, 5.74) is 7.80. The minimum Gasteiger partial charge on any atom is -0.382 e. The third-order valence-corrected chi connectivity index (χ3v) is 4.58. The quantitative estimate of drug-likeness (QED) is 0.401. The molecule has 0 fully saturated rings. The van der Waals surface area contributed by atoms with Crippen LogP contribution in [-0.2, 0) is 0 Å². The smallest absolute Gasteiger partial charge is 0.127 e. The maximum absolute atomic E-state index is 9.05. The molecule has 3 aromatic heterocycles. The van der Waals surface area contributed by atoms with E-state index in [0.29, 0.717) is 5.56 Å². The van der Waals surface area contributed by atoms with E-state index in [9.17, 15) is 0 Å². The molecule has 3 heterocycles. The molecule has 138 valence electrons. The maximum Gasteiger partial charge on any atom is 0.127 e. The fourth-order valence-electron chi connectivity index (χ4n) is 2.77. The lowest BCUT2D eigenvalue weighted by Gasteiger charge is -2.16. The number of hydrogen-bond acceptors (Lipinski definition) is 7. The van der Waals surface area contributed by atoms with E-state index in [1.165, 1.54) is 0 Å². The van der Waals surface area contributed by atoms with Crippen LogP contribution in [0.5, 0.6) is 0 Å². The average molecular weight is 379 g/mol. The van der Waals surface area contributed by atoms with Crippen molar-refractivity contribution in [1.82, 2.24) is 20.0 Å². The first-order valence-corrected chi connectivity index (χ1v) is 9.73. The van der Waals surface area contributed by atoms with Crippen LogP contribution < -0.4 is 10.7 Å². The summed E-state index contributed by atoms with van der Waals surface area (Å²) in [5, 5.41) is 22.1. The molecule has 27 heavy (non-hydrogen) atoms. The van der Waals surface area contributed by atoms with Crippen LogP contribution in [0.1, 0.15) is 25.0 Å². The number of fused-ring (bicyclic) bond motifs is 1. The zero-order chi connectivity index (χ0) is 19.4. The molecule has 0 aromatic carbocycles. The summed E-state index contributed by atoms with van der Waals surface area (Å²) >= 11 is 1.56. The number of aromatic nitrogens is 3. The van der Waals surface area contributed by atoms with Gasteiger partial charge in [0, 0.05) is 25.0 Å². The van der Waals surface area contributed by atoms with Gasteiger partial charge in [0.1, 0.15) is 11.1 Å². The monoisotopic (exact) mass is 379 g/mol. The van der Waals surface area contributed by atoms with Gasteiger partial charge in [-0.2, -0.15) is 15.5 Å². The van der Waals surface area contributed by atoms with Gasteiger partial charge in [0.25, 0.3) is 0 Å². The van der Waals surface area contributed by atoms with Crippen LogP contribution in [0.4, 0.5) is 5.69 Å². The van der Waals surface area contributed by atoms with Gasteiger partial charge in [0.05, 0.1) is 34.2 Å². The second kappa shape index (κ2) is 8.10. The summed E-state index contributed by atoms with van der Waals surface area (Å²) in [6.07, 6.45) is 5.37. The predicted octanol–water partition coefficient (Wildman–Crippen LogP) is 3.33. The van der Waals surface area contributed by atoms with Crippen molar-refractivity contribution in [2.24, 2.45) is 5.10 Å². The second-order valence-corrected chi connectivity index (χ2v) is 6.97. The molecule has 8 heteroatoms. The highest BCUT2D eigenvalue weighted by Crippen LogP contribution is 2.27. The summed E-state index contributed by atoms with van der Waals surface area (Å²) in [4.78, 5) is 4.65. The first-order chi connectivity index (χ1) is 13.1. The van der Waals surface area contributed by atoms with Gasteiger partial charge in [-0.25, -0.2) is 4.52 Å². The Labute approximate surface area is 162 Å². The van der Waals surface area contributed by atoms with Crippen molar-refractivity contribution in [3.05, 3.63) is 47.8 Å². The number of nitrogens with one attached hydrogen (secondary N) is 2. The Morgan fingerprint density at radius 2 is 2.11 bits per heavy atom. The summed E-state index contributed by atoms with van der Waals surface area (Å²) in [7, 11) is 1.78. The second-order valence-electron chi connectivity index (χ2n) is 6.17. The number of anilines is 1. The lowest BCUT2D eigenvalue weighted by molar-refractivity contribution is 0.894. The maximum atomic E-state index is 9.05. The normalized spacial score (nSPS) is 11.6. The van der Waals surface area contributed by atoms with Crippen LogP contribution in [0, 0.1) is 11.3 Å². The molecule has 0 aliphatic carbocycles.